The molecule has 152 valence electrons. The normalized spacial score (nSPS) is 25.1. The van der Waals surface area contributed by atoms with Gasteiger partial charge >= 0.3 is 0 Å². The lowest BCUT2D eigenvalue weighted by molar-refractivity contribution is -0.134. The van der Waals surface area contributed by atoms with Crippen molar-refractivity contribution in [3.63, 3.8) is 0 Å². The highest BCUT2D eigenvalue weighted by Crippen LogP contribution is 2.25. The third-order valence-corrected chi connectivity index (χ3v) is 5.82. The number of aliphatic hydroxyl groups excluding tert-OH is 1. The van der Waals surface area contributed by atoms with E-state index < -0.39 is 22.4 Å². The Labute approximate surface area is 165 Å². The third-order valence-electron chi connectivity index (χ3n) is 3.85. The largest absolute Gasteiger partial charge is 0.474 e. The van der Waals surface area contributed by atoms with Gasteiger partial charge in [-0.05, 0) is 22.0 Å². The molecule has 1 aromatic rings. The monoisotopic (exact) mass is 468 g/mol. The van der Waals surface area contributed by atoms with E-state index in [1.807, 2.05) is 0 Å². The Hall–Kier alpha value is -0.860. The first kappa shape index (κ1) is 20.9. The first-order valence-corrected chi connectivity index (χ1v) is 10.6. The zero-order chi connectivity index (χ0) is 19.3. The summed E-state index contributed by atoms with van der Waals surface area (Å²) in [5, 5.41) is 10.0. The van der Waals surface area contributed by atoms with Crippen LogP contribution < -0.4 is 9.46 Å². The van der Waals surface area contributed by atoms with Gasteiger partial charge in [-0.2, -0.15) is 4.72 Å². The quantitative estimate of drug-likeness (QED) is 0.516. The minimum atomic E-state index is -4.01. The number of ether oxygens (including phenoxy) is 5. The molecule has 27 heavy (non-hydrogen) atoms. The van der Waals surface area contributed by atoms with Crippen LogP contribution in [0.15, 0.2) is 21.6 Å². The maximum atomic E-state index is 12.4. The standard InChI is InChI=1S/C15H21BrN2O8S/c16-12-5-11(6-17-15(12)26-8-10-7-22-1-3-24-10)27(20,21)18-14(19)13-9-23-2-4-25-13/h5-6,10,13-14,18-19H,1-4,7-9H2. The Morgan fingerprint density at radius 2 is 2.00 bits per heavy atom. The van der Waals surface area contributed by atoms with E-state index in [4.69, 9.17) is 23.7 Å². The van der Waals surface area contributed by atoms with E-state index in [0.717, 1.165) is 6.20 Å². The summed E-state index contributed by atoms with van der Waals surface area (Å²) in [5.41, 5.74) is 0. The molecule has 3 atom stereocenters. The van der Waals surface area contributed by atoms with E-state index in [1.54, 1.807) is 0 Å². The Kier molecular flexibility index (Phi) is 7.39. The van der Waals surface area contributed by atoms with Gasteiger partial charge in [-0.3, -0.25) is 0 Å². The number of aliphatic hydroxyl groups is 1. The molecular weight excluding hydrogens is 448 g/mol. The van der Waals surface area contributed by atoms with Crippen molar-refractivity contribution in [1.82, 2.24) is 9.71 Å². The van der Waals surface area contributed by atoms with Gasteiger partial charge in [0.2, 0.25) is 15.9 Å². The predicted molar refractivity (Wildman–Crippen MR) is 94.9 cm³/mol. The van der Waals surface area contributed by atoms with Crippen molar-refractivity contribution in [3.8, 4) is 5.88 Å². The van der Waals surface area contributed by atoms with Crippen LogP contribution in [0.3, 0.4) is 0 Å². The van der Waals surface area contributed by atoms with E-state index in [-0.39, 0.29) is 30.1 Å². The second kappa shape index (κ2) is 9.56. The van der Waals surface area contributed by atoms with Crippen LogP contribution in [-0.4, -0.2) is 83.2 Å². The molecule has 0 bridgehead atoms. The lowest BCUT2D eigenvalue weighted by atomic mass is 10.3. The van der Waals surface area contributed by atoms with E-state index in [0.29, 0.717) is 37.5 Å². The van der Waals surface area contributed by atoms with Crippen LogP contribution in [0.1, 0.15) is 0 Å². The number of pyridine rings is 1. The molecule has 2 fully saturated rings. The van der Waals surface area contributed by atoms with Gasteiger partial charge in [-0.25, -0.2) is 13.4 Å². The van der Waals surface area contributed by atoms with E-state index >= 15 is 0 Å². The molecule has 0 amide bonds. The number of halogens is 1. The van der Waals surface area contributed by atoms with Crippen LogP contribution >= 0.6 is 15.9 Å². The maximum Gasteiger partial charge on any atom is 0.244 e. The number of rotatable bonds is 7. The Bertz CT molecular complexity index is 723. The average molecular weight is 469 g/mol. The van der Waals surface area contributed by atoms with E-state index in [2.05, 4.69) is 25.6 Å². The lowest BCUT2D eigenvalue weighted by Gasteiger charge is -2.27. The minimum absolute atomic E-state index is 0.103. The highest BCUT2D eigenvalue weighted by atomic mass is 79.9. The SMILES string of the molecule is O=S(=O)(NC(O)C1COCCO1)c1cnc(OCC2COCCO2)c(Br)c1. The van der Waals surface area contributed by atoms with Crippen molar-refractivity contribution in [2.45, 2.75) is 23.3 Å². The van der Waals surface area contributed by atoms with Gasteiger partial charge in [0.05, 0.1) is 50.3 Å². The number of hydrogen-bond donors (Lipinski definition) is 2. The van der Waals surface area contributed by atoms with Gasteiger partial charge in [0.25, 0.3) is 0 Å². The van der Waals surface area contributed by atoms with Crippen molar-refractivity contribution in [2.24, 2.45) is 0 Å². The van der Waals surface area contributed by atoms with Crippen LogP contribution in [0.4, 0.5) is 0 Å². The molecule has 3 unspecified atom stereocenters. The molecule has 0 spiro atoms. The molecule has 10 nitrogen and oxygen atoms in total. The molecule has 2 N–H and O–H groups in total. The second-order valence-corrected chi connectivity index (χ2v) is 8.46. The number of aromatic nitrogens is 1. The fraction of sp³-hybridized carbons (Fsp3) is 0.667. The van der Waals surface area contributed by atoms with Crippen LogP contribution in [0.25, 0.3) is 0 Å². The minimum Gasteiger partial charge on any atom is -0.474 e. The lowest BCUT2D eigenvalue weighted by Crippen LogP contribution is -2.48. The fourth-order valence-corrected chi connectivity index (χ4v) is 4.14. The topological polar surface area (TPSA) is 125 Å². The molecule has 1 aromatic heterocycles. The van der Waals surface area contributed by atoms with Crippen LogP contribution in [-0.2, 0) is 29.0 Å². The van der Waals surface area contributed by atoms with Crippen molar-refractivity contribution in [3.05, 3.63) is 16.7 Å². The van der Waals surface area contributed by atoms with Gasteiger partial charge in [-0.15, -0.1) is 0 Å². The summed E-state index contributed by atoms with van der Waals surface area (Å²) in [4.78, 5) is 3.90. The van der Waals surface area contributed by atoms with E-state index in [9.17, 15) is 13.5 Å². The van der Waals surface area contributed by atoms with Crippen molar-refractivity contribution < 1.29 is 37.2 Å². The summed E-state index contributed by atoms with van der Waals surface area (Å²) in [6.45, 7) is 2.52. The highest BCUT2D eigenvalue weighted by molar-refractivity contribution is 9.10. The summed E-state index contributed by atoms with van der Waals surface area (Å²) in [7, 11) is -4.01. The number of hydrogen-bond acceptors (Lipinski definition) is 9. The first-order valence-electron chi connectivity index (χ1n) is 8.33. The number of nitrogens with zero attached hydrogens (tertiary/aromatic N) is 1. The molecule has 3 heterocycles. The van der Waals surface area contributed by atoms with Crippen LogP contribution in [0.5, 0.6) is 5.88 Å². The summed E-state index contributed by atoms with van der Waals surface area (Å²) >= 11 is 3.25. The van der Waals surface area contributed by atoms with Crippen molar-refractivity contribution in [2.75, 3.05) is 46.2 Å². The first-order chi connectivity index (χ1) is 13.0. The summed E-state index contributed by atoms with van der Waals surface area (Å²) in [6.07, 6.45) is -1.27. The van der Waals surface area contributed by atoms with Crippen molar-refractivity contribution >= 4 is 26.0 Å². The zero-order valence-corrected chi connectivity index (χ0v) is 16.8. The van der Waals surface area contributed by atoms with Crippen molar-refractivity contribution in [1.29, 1.82) is 0 Å². The zero-order valence-electron chi connectivity index (χ0n) is 14.4. The van der Waals surface area contributed by atoms with Crippen LogP contribution in [0, 0.1) is 0 Å². The van der Waals surface area contributed by atoms with Gasteiger partial charge in [0, 0.05) is 0 Å². The van der Waals surface area contributed by atoms with Gasteiger partial charge in [0.1, 0.15) is 29.9 Å². The molecule has 0 aromatic carbocycles. The summed E-state index contributed by atoms with van der Waals surface area (Å²) in [6, 6.07) is 1.34. The third kappa shape index (κ3) is 5.81. The van der Waals surface area contributed by atoms with E-state index in [1.165, 1.54) is 6.07 Å². The van der Waals surface area contributed by atoms with Gasteiger partial charge in [-0.1, -0.05) is 0 Å². The molecule has 2 saturated heterocycles. The number of nitrogens with one attached hydrogen (secondary N) is 1. The molecule has 12 heteroatoms. The van der Waals surface area contributed by atoms with Gasteiger partial charge < -0.3 is 28.8 Å². The van der Waals surface area contributed by atoms with Gasteiger partial charge in [0.15, 0.2) is 0 Å². The molecule has 2 aliphatic rings. The van der Waals surface area contributed by atoms with Crippen LogP contribution in [0.2, 0.25) is 0 Å². The second-order valence-electron chi connectivity index (χ2n) is 5.89. The average Bonchev–Trinajstić information content (AvgIpc) is 2.68. The molecule has 0 aliphatic carbocycles. The Morgan fingerprint density at radius 1 is 1.26 bits per heavy atom. The molecule has 0 radical (unpaired) electrons. The molecule has 0 saturated carbocycles. The summed E-state index contributed by atoms with van der Waals surface area (Å²) < 4.78 is 54.2. The smallest absolute Gasteiger partial charge is 0.244 e. The molecule has 3 rings (SSSR count). The highest BCUT2D eigenvalue weighted by Gasteiger charge is 2.28. The Morgan fingerprint density at radius 3 is 2.63 bits per heavy atom. The number of sulfonamides is 1. The molecular formula is C15H21BrN2O8S. The maximum absolute atomic E-state index is 12.4. The Balaban J connectivity index is 1.60. The fourth-order valence-electron chi connectivity index (χ4n) is 2.46. The summed E-state index contributed by atoms with van der Waals surface area (Å²) in [5.74, 6) is 0.229. The predicted octanol–water partition coefficient (Wildman–Crippen LogP) is -0.350. The molecule has 2 aliphatic heterocycles.